The molecule has 1 fully saturated rings. The van der Waals surface area contributed by atoms with Crippen molar-refractivity contribution in [1.82, 2.24) is 29.9 Å². The van der Waals surface area contributed by atoms with E-state index in [0.29, 0.717) is 51.4 Å². The summed E-state index contributed by atoms with van der Waals surface area (Å²) in [6.45, 7) is 16.5. The molecule has 0 unspecified atom stereocenters. The van der Waals surface area contributed by atoms with Crippen LogP contribution in [-0.4, -0.2) is 89.4 Å². The zero-order valence-corrected chi connectivity index (χ0v) is 21.8. The highest BCUT2D eigenvalue weighted by atomic mass is 16.5. The van der Waals surface area contributed by atoms with Gasteiger partial charge in [0.05, 0.1) is 28.7 Å². The number of hydrogen-bond acceptors (Lipinski definition) is 6. The number of ether oxygens (including phenoxy) is 1. The van der Waals surface area contributed by atoms with Crippen LogP contribution in [-0.2, 0) is 15.1 Å². The maximum atomic E-state index is 13.7. The molecule has 0 radical (unpaired) electrons. The molecule has 188 valence electrons. The Balaban J connectivity index is 1.75. The van der Waals surface area contributed by atoms with Crippen molar-refractivity contribution in [3.8, 4) is 0 Å². The van der Waals surface area contributed by atoms with Gasteiger partial charge >= 0.3 is 0 Å². The van der Waals surface area contributed by atoms with E-state index in [1.54, 1.807) is 7.11 Å². The van der Waals surface area contributed by atoms with E-state index in [2.05, 4.69) is 44.8 Å². The van der Waals surface area contributed by atoms with Crippen LogP contribution in [0, 0.1) is 6.92 Å². The average molecular weight is 473 g/mol. The number of aromatic nitrogens is 3. The average Bonchev–Trinajstić information content (AvgIpc) is 3.13. The van der Waals surface area contributed by atoms with Crippen LogP contribution >= 0.6 is 0 Å². The maximum absolute atomic E-state index is 13.7. The number of rotatable bonds is 8. The van der Waals surface area contributed by atoms with Gasteiger partial charge < -0.3 is 15.0 Å². The molecule has 1 aliphatic heterocycles. The van der Waals surface area contributed by atoms with Crippen LogP contribution in [0.1, 0.15) is 68.7 Å². The summed E-state index contributed by atoms with van der Waals surface area (Å²) >= 11 is 0. The Labute approximate surface area is 202 Å². The predicted molar refractivity (Wildman–Crippen MR) is 133 cm³/mol. The number of hydrogen-bond donors (Lipinski definition) is 1. The second kappa shape index (κ2) is 10.8. The summed E-state index contributed by atoms with van der Waals surface area (Å²) < 4.78 is 6.94. The zero-order valence-electron chi connectivity index (χ0n) is 21.8. The SMILES string of the molecule is COCCCNC(=O)CN1CCN(C(=O)c2cc(C(C)C)nc3c2c(C)nn3C(C)(C)C)CC1. The van der Waals surface area contributed by atoms with Crippen molar-refractivity contribution in [3.05, 3.63) is 23.0 Å². The first-order valence-electron chi connectivity index (χ1n) is 12.2. The summed E-state index contributed by atoms with van der Waals surface area (Å²) in [5.74, 6) is 0.215. The van der Waals surface area contributed by atoms with Gasteiger partial charge in [-0.2, -0.15) is 5.10 Å². The van der Waals surface area contributed by atoms with Gasteiger partial charge in [0.1, 0.15) is 0 Å². The topological polar surface area (TPSA) is 92.6 Å². The number of carbonyl (C=O) groups is 2. The number of aryl methyl sites for hydroxylation is 1. The van der Waals surface area contributed by atoms with Crippen molar-refractivity contribution in [2.24, 2.45) is 0 Å². The summed E-state index contributed by atoms with van der Waals surface area (Å²) in [7, 11) is 1.65. The van der Waals surface area contributed by atoms with Gasteiger partial charge in [-0.25, -0.2) is 9.67 Å². The molecule has 3 rings (SSSR count). The highest BCUT2D eigenvalue weighted by Crippen LogP contribution is 2.29. The van der Waals surface area contributed by atoms with E-state index < -0.39 is 0 Å². The van der Waals surface area contributed by atoms with Crippen molar-refractivity contribution in [3.63, 3.8) is 0 Å². The minimum Gasteiger partial charge on any atom is -0.385 e. The lowest BCUT2D eigenvalue weighted by Crippen LogP contribution is -2.51. The van der Waals surface area contributed by atoms with Crippen molar-refractivity contribution in [1.29, 1.82) is 0 Å². The number of pyridine rings is 1. The molecule has 0 aromatic carbocycles. The van der Waals surface area contributed by atoms with E-state index >= 15 is 0 Å². The van der Waals surface area contributed by atoms with Gasteiger partial charge in [0.15, 0.2) is 5.65 Å². The molecule has 34 heavy (non-hydrogen) atoms. The number of fused-ring (bicyclic) bond motifs is 1. The molecule has 1 N–H and O–H groups in total. The number of piperazine rings is 1. The summed E-state index contributed by atoms with van der Waals surface area (Å²) in [4.78, 5) is 34.8. The molecule has 9 nitrogen and oxygen atoms in total. The highest BCUT2D eigenvalue weighted by molar-refractivity contribution is 6.06. The molecule has 0 atom stereocenters. The molecular weight excluding hydrogens is 432 g/mol. The van der Waals surface area contributed by atoms with Crippen LogP contribution in [0.4, 0.5) is 0 Å². The lowest BCUT2D eigenvalue weighted by Gasteiger charge is -2.34. The van der Waals surface area contributed by atoms with Crippen LogP contribution in [0.5, 0.6) is 0 Å². The van der Waals surface area contributed by atoms with E-state index in [4.69, 9.17) is 14.8 Å². The molecule has 2 amide bonds. The number of methoxy groups -OCH3 is 1. The van der Waals surface area contributed by atoms with Crippen LogP contribution in [0.2, 0.25) is 0 Å². The molecule has 0 saturated carbocycles. The number of carbonyl (C=O) groups excluding carboxylic acids is 2. The standard InChI is InChI=1S/C25H40N6O3/c1-17(2)20-15-19(22-18(3)28-31(23(22)27-20)25(4,5)6)24(33)30-12-10-29(11-13-30)16-21(32)26-9-8-14-34-7/h15,17H,8-14,16H2,1-7H3,(H,26,32). The van der Waals surface area contributed by atoms with Crippen molar-refractivity contribution in [2.45, 2.75) is 59.4 Å². The molecule has 2 aromatic heterocycles. The van der Waals surface area contributed by atoms with Crippen molar-refractivity contribution < 1.29 is 14.3 Å². The second-order valence-corrected chi connectivity index (χ2v) is 10.4. The van der Waals surface area contributed by atoms with Crippen molar-refractivity contribution >= 4 is 22.8 Å². The van der Waals surface area contributed by atoms with Gasteiger partial charge in [-0.15, -0.1) is 0 Å². The van der Waals surface area contributed by atoms with E-state index in [1.165, 1.54) is 0 Å². The fraction of sp³-hybridized carbons (Fsp3) is 0.680. The monoisotopic (exact) mass is 472 g/mol. The second-order valence-electron chi connectivity index (χ2n) is 10.4. The third kappa shape index (κ3) is 5.93. The Hall–Kier alpha value is -2.52. The van der Waals surface area contributed by atoms with Crippen LogP contribution in [0.25, 0.3) is 11.0 Å². The van der Waals surface area contributed by atoms with E-state index in [1.807, 2.05) is 22.6 Å². The third-order valence-corrected chi connectivity index (χ3v) is 6.16. The third-order valence-electron chi connectivity index (χ3n) is 6.16. The first-order chi connectivity index (χ1) is 16.0. The molecule has 2 aromatic rings. The normalized spacial score (nSPS) is 15.4. The summed E-state index contributed by atoms with van der Waals surface area (Å²) in [5, 5.41) is 8.51. The molecule has 0 spiro atoms. The lowest BCUT2D eigenvalue weighted by atomic mass is 10.0. The summed E-state index contributed by atoms with van der Waals surface area (Å²) in [5.41, 5.74) is 2.91. The fourth-order valence-corrected chi connectivity index (χ4v) is 4.22. The largest absolute Gasteiger partial charge is 0.385 e. The molecule has 1 aliphatic rings. The maximum Gasteiger partial charge on any atom is 0.254 e. The Morgan fingerprint density at radius 3 is 2.44 bits per heavy atom. The molecule has 1 saturated heterocycles. The minimum atomic E-state index is -0.245. The van der Waals surface area contributed by atoms with Gasteiger partial charge in [-0.1, -0.05) is 13.8 Å². The van der Waals surface area contributed by atoms with Crippen LogP contribution in [0.15, 0.2) is 6.07 Å². The first-order valence-corrected chi connectivity index (χ1v) is 12.2. The van der Waals surface area contributed by atoms with Gasteiger partial charge in [0.25, 0.3) is 5.91 Å². The Kier molecular flexibility index (Phi) is 8.30. The molecular formula is C25H40N6O3. The van der Waals surface area contributed by atoms with E-state index in [-0.39, 0.29) is 23.3 Å². The first kappa shape index (κ1) is 26.1. The molecule has 0 aliphatic carbocycles. The minimum absolute atomic E-state index is 0.00882. The van der Waals surface area contributed by atoms with Crippen molar-refractivity contribution in [2.75, 3.05) is 53.0 Å². The Morgan fingerprint density at radius 2 is 1.85 bits per heavy atom. The zero-order chi connectivity index (χ0) is 25.0. The Bertz CT molecular complexity index is 1020. The molecule has 3 heterocycles. The van der Waals surface area contributed by atoms with E-state index in [0.717, 1.165) is 28.8 Å². The van der Waals surface area contributed by atoms with Gasteiger partial charge in [0, 0.05) is 52.1 Å². The summed E-state index contributed by atoms with van der Waals surface area (Å²) in [6.07, 6.45) is 0.800. The number of nitrogens with one attached hydrogen (secondary N) is 1. The van der Waals surface area contributed by atoms with Crippen LogP contribution in [0.3, 0.4) is 0 Å². The smallest absolute Gasteiger partial charge is 0.254 e. The van der Waals surface area contributed by atoms with E-state index in [9.17, 15) is 9.59 Å². The number of nitrogens with zero attached hydrogens (tertiary/aromatic N) is 5. The van der Waals surface area contributed by atoms with Gasteiger partial charge in [-0.05, 0) is 46.1 Å². The lowest BCUT2D eigenvalue weighted by molar-refractivity contribution is -0.122. The Morgan fingerprint density at radius 1 is 1.18 bits per heavy atom. The van der Waals surface area contributed by atoms with Gasteiger partial charge in [-0.3, -0.25) is 14.5 Å². The molecule has 9 heteroatoms. The molecule has 0 bridgehead atoms. The quantitative estimate of drug-likeness (QED) is 0.594. The van der Waals surface area contributed by atoms with Gasteiger partial charge in [0.2, 0.25) is 5.91 Å². The fourth-order valence-electron chi connectivity index (χ4n) is 4.22. The summed E-state index contributed by atoms with van der Waals surface area (Å²) in [6, 6.07) is 1.94. The predicted octanol–water partition coefficient (Wildman–Crippen LogP) is 2.53. The van der Waals surface area contributed by atoms with Crippen LogP contribution < -0.4 is 5.32 Å². The highest BCUT2D eigenvalue weighted by Gasteiger charge is 2.29. The number of amides is 2.